The van der Waals surface area contributed by atoms with Crippen LogP contribution in [0.1, 0.15) is 20.3 Å². The zero-order valence-electron chi connectivity index (χ0n) is 5.89. The molecule has 2 atom stereocenters. The Morgan fingerprint density at radius 3 is 2.67 bits per heavy atom. The Morgan fingerprint density at radius 2 is 2.44 bits per heavy atom. The van der Waals surface area contributed by atoms with Gasteiger partial charge in [-0.25, -0.2) is 0 Å². The van der Waals surface area contributed by atoms with Gasteiger partial charge in [0.2, 0.25) is 0 Å². The van der Waals surface area contributed by atoms with Gasteiger partial charge in [-0.15, -0.1) is 0 Å². The smallest absolute Gasteiger partial charge is 0.167 e. The van der Waals surface area contributed by atoms with Crippen molar-refractivity contribution < 1.29 is 9.47 Å². The first-order valence-corrected chi connectivity index (χ1v) is 3.23. The van der Waals surface area contributed by atoms with Gasteiger partial charge < -0.3 is 15.2 Å². The second kappa shape index (κ2) is 2.25. The van der Waals surface area contributed by atoms with E-state index in [0.717, 1.165) is 6.42 Å². The quantitative estimate of drug-likeness (QED) is 0.561. The van der Waals surface area contributed by atoms with Crippen molar-refractivity contribution in [3.8, 4) is 0 Å². The van der Waals surface area contributed by atoms with E-state index in [1.54, 1.807) is 0 Å². The summed E-state index contributed by atoms with van der Waals surface area (Å²) in [5.74, 6) is -0.417. The minimum absolute atomic E-state index is 0.227. The molecule has 3 heteroatoms. The Morgan fingerprint density at radius 1 is 1.78 bits per heavy atom. The third-order valence-electron chi connectivity index (χ3n) is 1.60. The highest BCUT2D eigenvalue weighted by Crippen LogP contribution is 2.23. The first-order chi connectivity index (χ1) is 4.16. The largest absolute Gasteiger partial charge is 0.346 e. The number of rotatable bonds is 1. The van der Waals surface area contributed by atoms with Gasteiger partial charge in [-0.1, -0.05) is 6.92 Å². The predicted octanol–water partition coefficient (Wildman–Crippen LogP) is 0.444. The molecule has 0 bridgehead atoms. The Labute approximate surface area is 55.1 Å². The van der Waals surface area contributed by atoms with Crippen LogP contribution in [0, 0.1) is 0 Å². The molecule has 3 nitrogen and oxygen atoms in total. The van der Waals surface area contributed by atoms with Crippen LogP contribution in [0.4, 0.5) is 0 Å². The van der Waals surface area contributed by atoms with Crippen molar-refractivity contribution in [1.82, 2.24) is 0 Å². The van der Waals surface area contributed by atoms with Crippen LogP contribution in [0.15, 0.2) is 0 Å². The maximum Gasteiger partial charge on any atom is 0.167 e. The second-order valence-corrected chi connectivity index (χ2v) is 2.45. The van der Waals surface area contributed by atoms with Crippen molar-refractivity contribution in [2.45, 2.75) is 32.3 Å². The van der Waals surface area contributed by atoms with Gasteiger partial charge in [-0.2, -0.15) is 0 Å². The van der Waals surface area contributed by atoms with Crippen molar-refractivity contribution in [2.75, 3.05) is 6.61 Å². The first kappa shape index (κ1) is 6.99. The molecule has 0 saturated carbocycles. The summed E-state index contributed by atoms with van der Waals surface area (Å²) in [5.41, 5.74) is 5.44. The third-order valence-corrected chi connectivity index (χ3v) is 1.60. The van der Waals surface area contributed by atoms with E-state index < -0.39 is 5.79 Å². The molecule has 54 valence electrons. The zero-order valence-corrected chi connectivity index (χ0v) is 5.89. The molecule has 1 heterocycles. The summed E-state index contributed by atoms with van der Waals surface area (Å²) in [5, 5.41) is 0. The van der Waals surface area contributed by atoms with Gasteiger partial charge in [-0.3, -0.25) is 0 Å². The van der Waals surface area contributed by atoms with Gasteiger partial charge in [-0.05, 0) is 13.3 Å². The lowest BCUT2D eigenvalue weighted by Gasteiger charge is -2.19. The van der Waals surface area contributed by atoms with Crippen molar-refractivity contribution in [2.24, 2.45) is 5.73 Å². The standard InChI is InChI=1S/C6H13NO2/c1-3-6(2)8-4-5(7)9-6/h5H,3-4,7H2,1-2H3. The number of hydrogen-bond donors (Lipinski definition) is 1. The highest BCUT2D eigenvalue weighted by Gasteiger charge is 2.33. The maximum atomic E-state index is 5.44. The summed E-state index contributed by atoms with van der Waals surface area (Å²) in [6.07, 6.45) is 0.621. The molecule has 9 heavy (non-hydrogen) atoms. The van der Waals surface area contributed by atoms with E-state index in [2.05, 4.69) is 0 Å². The molecule has 1 aliphatic heterocycles. The molecular weight excluding hydrogens is 118 g/mol. The highest BCUT2D eigenvalue weighted by molar-refractivity contribution is 4.69. The number of hydrogen-bond acceptors (Lipinski definition) is 3. The summed E-state index contributed by atoms with van der Waals surface area (Å²) >= 11 is 0. The lowest BCUT2D eigenvalue weighted by atomic mass is 10.2. The molecule has 1 aliphatic rings. The van der Waals surface area contributed by atoms with E-state index in [9.17, 15) is 0 Å². The fourth-order valence-electron chi connectivity index (χ4n) is 0.832. The topological polar surface area (TPSA) is 44.5 Å². The van der Waals surface area contributed by atoms with Gasteiger partial charge in [0.15, 0.2) is 5.79 Å². The molecule has 0 amide bonds. The number of nitrogens with two attached hydrogens (primary N) is 1. The monoisotopic (exact) mass is 131 g/mol. The predicted molar refractivity (Wildman–Crippen MR) is 33.7 cm³/mol. The Bertz CT molecular complexity index is 107. The van der Waals surface area contributed by atoms with E-state index in [0.29, 0.717) is 6.61 Å². The van der Waals surface area contributed by atoms with Crippen LogP contribution in [0.25, 0.3) is 0 Å². The minimum atomic E-state index is -0.417. The average Bonchev–Trinajstić information content (AvgIpc) is 2.13. The molecule has 0 radical (unpaired) electrons. The Hall–Kier alpha value is -0.120. The lowest BCUT2D eigenvalue weighted by molar-refractivity contribution is -0.154. The second-order valence-electron chi connectivity index (χ2n) is 2.45. The normalized spacial score (nSPS) is 43.7. The minimum Gasteiger partial charge on any atom is -0.346 e. The van der Waals surface area contributed by atoms with Crippen LogP contribution < -0.4 is 5.73 Å². The summed E-state index contributed by atoms with van der Waals surface area (Å²) < 4.78 is 10.5. The van der Waals surface area contributed by atoms with Crippen LogP contribution in [-0.4, -0.2) is 18.6 Å². The molecule has 0 spiro atoms. The average molecular weight is 131 g/mol. The van der Waals surface area contributed by atoms with Crippen molar-refractivity contribution >= 4 is 0 Å². The van der Waals surface area contributed by atoms with Gasteiger partial charge in [0.05, 0.1) is 6.61 Å². The molecule has 0 aromatic carbocycles. The van der Waals surface area contributed by atoms with Crippen LogP contribution in [0.3, 0.4) is 0 Å². The summed E-state index contributed by atoms with van der Waals surface area (Å²) in [7, 11) is 0. The lowest BCUT2D eigenvalue weighted by Crippen LogP contribution is -2.28. The zero-order chi connectivity index (χ0) is 6.91. The molecule has 1 fully saturated rings. The van der Waals surface area contributed by atoms with Gasteiger partial charge in [0.25, 0.3) is 0 Å². The van der Waals surface area contributed by atoms with Crippen LogP contribution in [0.2, 0.25) is 0 Å². The Balaban J connectivity index is 2.45. The molecule has 0 aromatic heterocycles. The van der Waals surface area contributed by atoms with Crippen LogP contribution in [0.5, 0.6) is 0 Å². The highest BCUT2D eigenvalue weighted by atomic mass is 16.7. The van der Waals surface area contributed by atoms with E-state index >= 15 is 0 Å². The Kier molecular flexibility index (Phi) is 1.75. The van der Waals surface area contributed by atoms with Crippen molar-refractivity contribution in [3.63, 3.8) is 0 Å². The molecule has 0 aliphatic carbocycles. The molecular formula is C6H13NO2. The maximum absolute atomic E-state index is 5.44. The molecule has 1 rings (SSSR count). The molecule has 2 unspecified atom stereocenters. The van der Waals surface area contributed by atoms with Crippen LogP contribution >= 0.6 is 0 Å². The molecule has 1 saturated heterocycles. The number of ether oxygens (including phenoxy) is 2. The summed E-state index contributed by atoms with van der Waals surface area (Å²) in [6.45, 7) is 4.43. The van der Waals surface area contributed by atoms with E-state index in [-0.39, 0.29) is 6.23 Å². The fraction of sp³-hybridized carbons (Fsp3) is 1.00. The van der Waals surface area contributed by atoms with Gasteiger partial charge in [0, 0.05) is 0 Å². The molecule has 0 aromatic rings. The third kappa shape index (κ3) is 1.41. The summed E-state index contributed by atoms with van der Waals surface area (Å²) in [4.78, 5) is 0. The van der Waals surface area contributed by atoms with Crippen LogP contribution in [-0.2, 0) is 9.47 Å². The van der Waals surface area contributed by atoms with E-state index in [4.69, 9.17) is 15.2 Å². The first-order valence-electron chi connectivity index (χ1n) is 3.23. The van der Waals surface area contributed by atoms with Crippen molar-refractivity contribution in [3.05, 3.63) is 0 Å². The summed E-state index contributed by atoms with van der Waals surface area (Å²) in [6, 6.07) is 0. The van der Waals surface area contributed by atoms with E-state index in [1.807, 2.05) is 13.8 Å². The fourth-order valence-corrected chi connectivity index (χ4v) is 0.832. The van der Waals surface area contributed by atoms with Crippen molar-refractivity contribution in [1.29, 1.82) is 0 Å². The SMILES string of the molecule is CCC1(C)OCC(N)O1. The van der Waals surface area contributed by atoms with Gasteiger partial charge >= 0.3 is 0 Å². The van der Waals surface area contributed by atoms with E-state index in [1.165, 1.54) is 0 Å². The van der Waals surface area contributed by atoms with Gasteiger partial charge in [0.1, 0.15) is 6.23 Å². The molecule has 2 N–H and O–H groups in total.